The van der Waals surface area contributed by atoms with Gasteiger partial charge in [0.2, 0.25) is 6.79 Å². The highest BCUT2D eigenvalue weighted by Gasteiger charge is 2.17. The smallest absolute Gasteiger partial charge is 0.287 e. The lowest BCUT2D eigenvalue weighted by Gasteiger charge is -2.10. The van der Waals surface area contributed by atoms with Crippen LogP contribution in [0.3, 0.4) is 0 Å². The topological polar surface area (TPSA) is 89.0 Å². The van der Waals surface area contributed by atoms with Gasteiger partial charge in [-0.05, 0) is 54.5 Å². The second-order valence-electron chi connectivity index (χ2n) is 7.81. The molecule has 0 atom stereocenters. The molecule has 1 aliphatic heterocycles. The van der Waals surface area contributed by atoms with E-state index in [9.17, 15) is 9.59 Å². The number of nitrogens with zero attached hydrogens (tertiary/aromatic N) is 1. The molecule has 3 aromatic carbocycles. The average molecular weight is 480 g/mol. The summed E-state index contributed by atoms with van der Waals surface area (Å²) in [5.74, 6) is 0.217. The third-order valence-electron chi connectivity index (χ3n) is 5.11. The molecular formula is C29H25N3O4. The van der Waals surface area contributed by atoms with Gasteiger partial charge in [-0.1, -0.05) is 72.8 Å². The second kappa shape index (κ2) is 12.0. The van der Waals surface area contributed by atoms with Gasteiger partial charge in [0.15, 0.2) is 11.5 Å². The number of rotatable bonds is 8. The molecule has 36 heavy (non-hydrogen) atoms. The molecule has 7 heteroatoms. The van der Waals surface area contributed by atoms with Gasteiger partial charge < -0.3 is 14.8 Å². The molecule has 0 fully saturated rings. The fourth-order valence-electron chi connectivity index (χ4n) is 3.27. The number of carbonyl (C=O) groups is 2. The van der Waals surface area contributed by atoms with Crippen LogP contribution < -0.4 is 20.2 Å². The number of allylic oxidation sites excluding steroid dienone is 3. The van der Waals surface area contributed by atoms with Crippen molar-refractivity contribution in [2.45, 2.75) is 6.92 Å². The fourth-order valence-corrected chi connectivity index (χ4v) is 3.27. The van der Waals surface area contributed by atoms with Crippen LogP contribution in [0.5, 0.6) is 11.5 Å². The highest BCUT2D eigenvalue weighted by Crippen LogP contribution is 2.33. The van der Waals surface area contributed by atoms with Crippen molar-refractivity contribution in [2.24, 2.45) is 5.10 Å². The van der Waals surface area contributed by atoms with Crippen molar-refractivity contribution in [1.29, 1.82) is 0 Å². The first-order valence-corrected chi connectivity index (χ1v) is 11.3. The first kappa shape index (κ1) is 24.2. The van der Waals surface area contributed by atoms with Crippen molar-refractivity contribution in [3.8, 4) is 11.5 Å². The Labute approximate surface area is 209 Å². The zero-order valence-electron chi connectivity index (χ0n) is 19.7. The third kappa shape index (κ3) is 6.80. The SMILES string of the molecule is CC(C=CC=Cc1ccccc1)=NNC(=O)C(=Cc1ccc2c(c1)OCO2)NC(=O)c1ccccc1. The summed E-state index contributed by atoms with van der Waals surface area (Å²) >= 11 is 0. The molecule has 1 aliphatic rings. The van der Waals surface area contributed by atoms with Gasteiger partial charge in [0, 0.05) is 5.56 Å². The van der Waals surface area contributed by atoms with Crippen LogP contribution in [0.15, 0.2) is 108 Å². The Morgan fingerprint density at radius 3 is 2.36 bits per heavy atom. The molecule has 0 bridgehead atoms. The van der Waals surface area contributed by atoms with E-state index < -0.39 is 11.8 Å². The minimum Gasteiger partial charge on any atom is -0.454 e. The van der Waals surface area contributed by atoms with Gasteiger partial charge in [0.1, 0.15) is 5.70 Å². The lowest BCUT2D eigenvalue weighted by molar-refractivity contribution is -0.117. The maximum absolute atomic E-state index is 13.0. The van der Waals surface area contributed by atoms with Gasteiger partial charge in [-0.3, -0.25) is 9.59 Å². The number of fused-ring (bicyclic) bond motifs is 1. The van der Waals surface area contributed by atoms with Crippen LogP contribution in [0.1, 0.15) is 28.4 Å². The van der Waals surface area contributed by atoms with E-state index >= 15 is 0 Å². The molecule has 180 valence electrons. The molecule has 1 heterocycles. The molecule has 0 aliphatic carbocycles. The van der Waals surface area contributed by atoms with Crippen molar-refractivity contribution in [3.05, 3.63) is 119 Å². The molecule has 3 aromatic rings. The van der Waals surface area contributed by atoms with Gasteiger partial charge in [0.25, 0.3) is 11.8 Å². The summed E-state index contributed by atoms with van der Waals surface area (Å²) in [5, 5.41) is 6.81. The number of benzene rings is 3. The first-order chi connectivity index (χ1) is 17.6. The number of hydrogen-bond donors (Lipinski definition) is 2. The van der Waals surface area contributed by atoms with E-state index in [4.69, 9.17) is 9.47 Å². The maximum Gasteiger partial charge on any atom is 0.287 e. The van der Waals surface area contributed by atoms with Crippen LogP contribution in [0.2, 0.25) is 0 Å². The molecule has 0 saturated heterocycles. The van der Waals surface area contributed by atoms with Gasteiger partial charge >= 0.3 is 0 Å². The highest BCUT2D eigenvalue weighted by molar-refractivity contribution is 6.05. The van der Waals surface area contributed by atoms with Crippen LogP contribution in [0.25, 0.3) is 12.2 Å². The van der Waals surface area contributed by atoms with E-state index in [1.54, 1.807) is 61.5 Å². The van der Waals surface area contributed by atoms with Gasteiger partial charge in [-0.25, -0.2) is 5.43 Å². The minimum atomic E-state index is -0.565. The van der Waals surface area contributed by atoms with Gasteiger partial charge in [-0.15, -0.1) is 0 Å². The van der Waals surface area contributed by atoms with Crippen molar-refractivity contribution >= 4 is 29.7 Å². The van der Waals surface area contributed by atoms with E-state index in [0.29, 0.717) is 28.3 Å². The maximum atomic E-state index is 13.0. The van der Waals surface area contributed by atoms with E-state index in [-0.39, 0.29) is 12.5 Å². The lowest BCUT2D eigenvalue weighted by atomic mass is 10.1. The monoisotopic (exact) mass is 479 g/mol. The standard InChI is InChI=1S/C29H25N3O4/c1-21(10-8-9-13-22-11-4-2-5-12-22)31-32-29(34)25(30-28(33)24-14-6-3-7-15-24)18-23-16-17-26-27(19-23)36-20-35-26/h2-19H,20H2,1H3,(H,30,33)(H,32,34). The Morgan fingerprint density at radius 1 is 0.861 bits per heavy atom. The molecule has 7 nitrogen and oxygen atoms in total. The lowest BCUT2D eigenvalue weighted by Crippen LogP contribution is -2.33. The Kier molecular flexibility index (Phi) is 8.07. The van der Waals surface area contributed by atoms with Crippen molar-refractivity contribution in [1.82, 2.24) is 10.7 Å². The highest BCUT2D eigenvalue weighted by atomic mass is 16.7. The number of nitrogens with one attached hydrogen (secondary N) is 2. The Bertz CT molecular complexity index is 1340. The summed E-state index contributed by atoms with van der Waals surface area (Å²) in [4.78, 5) is 25.7. The number of amides is 2. The van der Waals surface area contributed by atoms with Crippen molar-refractivity contribution in [3.63, 3.8) is 0 Å². The van der Waals surface area contributed by atoms with Gasteiger partial charge in [0.05, 0.1) is 5.71 Å². The molecule has 2 N–H and O–H groups in total. The molecule has 0 radical (unpaired) electrons. The van der Waals surface area contributed by atoms with E-state index in [1.807, 2.05) is 54.6 Å². The Hall–Kier alpha value is -4.91. The number of ether oxygens (including phenoxy) is 2. The summed E-state index contributed by atoms with van der Waals surface area (Å²) in [6.45, 7) is 1.90. The zero-order chi connectivity index (χ0) is 25.2. The van der Waals surface area contributed by atoms with E-state index in [0.717, 1.165) is 5.56 Å². The molecule has 0 unspecified atom stereocenters. The van der Waals surface area contributed by atoms with E-state index in [1.165, 1.54) is 0 Å². The number of hydrogen-bond acceptors (Lipinski definition) is 5. The molecule has 0 spiro atoms. The predicted molar refractivity (Wildman–Crippen MR) is 140 cm³/mol. The first-order valence-electron chi connectivity index (χ1n) is 11.3. The number of hydrazone groups is 1. The molecule has 2 amide bonds. The van der Waals surface area contributed by atoms with Crippen LogP contribution in [0.4, 0.5) is 0 Å². The molecular weight excluding hydrogens is 454 g/mol. The average Bonchev–Trinajstić information content (AvgIpc) is 3.38. The minimum absolute atomic E-state index is 0.0345. The summed E-state index contributed by atoms with van der Waals surface area (Å²) in [6.07, 6.45) is 9.01. The largest absolute Gasteiger partial charge is 0.454 e. The van der Waals surface area contributed by atoms with Crippen molar-refractivity contribution < 1.29 is 19.1 Å². The fraction of sp³-hybridized carbons (Fsp3) is 0.0690. The summed E-state index contributed by atoms with van der Waals surface area (Å²) in [5.41, 5.74) is 5.28. The predicted octanol–water partition coefficient (Wildman–Crippen LogP) is 4.95. The molecule has 0 saturated carbocycles. The van der Waals surface area contributed by atoms with Crippen LogP contribution in [0, 0.1) is 0 Å². The Morgan fingerprint density at radius 2 is 1.58 bits per heavy atom. The summed E-state index contributed by atoms with van der Waals surface area (Å²) in [7, 11) is 0. The molecule has 4 rings (SSSR count). The molecule has 0 aromatic heterocycles. The van der Waals surface area contributed by atoms with Crippen LogP contribution >= 0.6 is 0 Å². The van der Waals surface area contributed by atoms with Crippen LogP contribution in [-0.2, 0) is 4.79 Å². The van der Waals surface area contributed by atoms with Gasteiger partial charge in [-0.2, -0.15) is 5.10 Å². The quantitative estimate of drug-likeness (QED) is 0.207. The van der Waals surface area contributed by atoms with Crippen molar-refractivity contribution in [2.75, 3.05) is 6.79 Å². The third-order valence-corrected chi connectivity index (χ3v) is 5.11. The summed E-state index contributed by atoms with van der Waals surface area (Å²) < 4.78 is 10.7. The summed E-state index contributed by atoms with van der Waals surface area (Å²) in [6, 6.07) is 23.8. The van der Waals surface area contributed by atoms with E-state index in [2.05, 4.69) is 15.8 Å². The normalized spacial score (nSPS) is 13.2. The Balaban J connectivity index is 1.48. The zero-order valence-corrected chi connectivity index (χ0v) is 19.7. The second-order valence-corrected chi connectivity index (χ2v) is 7.81. The van der Waals surface area contributed by atoms with Crippen LogP contribution in [-0.4, -0.2) is 24.3 Å². The number of carbonyl (C=O) groups excluding carboxylic acids is 2.